The van der Waals surface area contributed by atoms with Crippen LogP contribution in [0.2, 0.25) is 0 Å². The number of sulfonamides is 1. The van der Waals surface area contributed by atoms with Crippen LogP contribution in [-0.4, -0.2) is 31.9 Å². The van der Waals surface area contributed by atoms with E-state index in [0.29, 0.717) is 18.0 Å². The smallest absolute Gasteiger partial charge is 0.245 e. The minimum absolute atomic E-state index is 0.306. The molecule has 20 heavy (non-hydrogen) atoms. The Balaban J connectivity index is 3.41. The van der Waals surface area contributed by atoms with Gasteiger partial charge in [-0.2, -0.15) is 4.31 Å². The molecule has 0 saturated heterocycles. The number of nitrogens with zero attached hydrogens (tertiary/aromatic N) is 1. The first-order valence-electron chi connectivity index (χ1n) is 6.51. The second kappa shape index (κ2) is 6.39. The van der Waals surface area contributed by atoms with Gasteiger partial charge in [0.15, 0.2) is 0 Å². The molecule has 0 aliphatic carbocycles. The minimum Gasteiger partial charge on any atom is -0.315 e. The molecule has 114 valence electrons. The first-order chi connectivity index (χ1) is 9.16. The molecule has 0 atom stereocenters. The first-order valence-corrected chi connectivity index (χ1v) is 8.83. The van der Waals surface area contributed by atoms with Gasteiger partial charge in [0.25, 0.3) is 0 Å². The van der Waals surface area contributed by atoms with E-state index in [1.807, 2.05) is 40.1 Å². The molecule has 0 aromatic carbocycles. The Morgan fingerprint density at radius 2 is 2.05 bits per heavy atom. The second-order valence-corrected chi connectivity index (χ2v) is 8.46. The van der Waals surface area contributed by atoms with Crippen LogP contribution >= 0.6 is 11.3 Å². The molecule has 0 radical (unpaired) electrons. The zero-order chi connectivity index (χ0) is 15.6. The van der Waals surface area contributed by atoms with Crippen LogP contribution in [0.1, 0.15) is 31.2 Å². The number of hydrogen-bond donors (Lipinski definition) is 1. The van der Waals surface area contributed by atoms with Gasteiger partial charge in [-0.15, -0.1) is 17.9 Å². The van der Waals surface area contributed by atoms with Crippen molar-refractivity contribution in [3.05, 3.63) is 28.5 Å². The molecule has 0 spiro atoms. The van der Waals surface area contributed by atoms with Crippen molar-refractivity contribution in [2.24, 2.45) is 0 Å². The summed E-state index contributed by atoms with van der Waals surface area (Å²) in [6.07, 6.45) is 1.63. The third kappa shape index (κ3) is 3.49. The van der Waals surface area contributed by atoms with Gasteiger partial charge in [-0.25, -0.2) is 8.42 Å². The molecule has 1 aromatic heterocycles. The summed E-state index contributed by atoms with van der Waals surface area (Å²) in [6, 6.07) is 0. The van der Waals surface area contributed by atoms with Crippen LogP contribution in [0.15, 0.2) is 22.9 Å². The molecule has 0 aliphatic heterocycles. The van der Waals surface area contributed by atoms with Crippen molar-refractivity contribution in [3.8, 4) is 0 Å². The topological polar surface area (TPSA) is 49.4 Å². The molecule has 6 heteroatoms. The average molecular weight is 316 g/mol. The van der Waals surface area contributed by atoms with E-state index in [1.54, 1.807) is 6.08 Å². The standard InChI is InChI=1S/C14H24N2O2S2/c1-7-8-16(14(3,4)5)20(17,18)13-11(2)10-19-12(13)9-15-6/h7,10,15H,1,8-9H2,2-6H3. The predicted molar refractivity (Wildman–Crippen MR) is 85.7 cm³/mol. The lowest BCUT2D eigenvalue weighted by molar-refractivity contribution is 0.269. The molecule has 1 aromatic rings. The Hall–Kier alpha value is -0.690. The van der Waals surface area contributed by atoms with Crippen molar-refractivity contribution in [3.63, 3.8) is 0 Å². The van der Waals surface area contributed by atoms with E-state index < -0.39 is 15.6 Å². The maximum absolute atomic E-state index is 13.0. The number of hydrogen-bond acceptors (Lipinski definition) is 4. The maximum atomic E-state index is 13.0. The van der Waals surface area contributed by atoms with Crippen LogP contribution in [0.3, 0.4) is 0 Å². The lowest BCUT2D eigenvalue weighted by Crippen LogP contribution is -2.45. The monoisotopic (exact) mass is 316 g/mol. The molecule has 0 saturated carbocycles. The van der Waals surface area contributed by atoms with Crippen molar-refractivity contribution in [2.75, 3.05) is 13.6 Å². The molecule has 1 N–H and O–H groups in total. The summed E-state index contributed by atoms with van der Waals surface area (Å²) in [5.74, 6) is 0. The van der Waals surface area contributed by atoms with Gasteiger partial charge in [0, 0.05) is 23.5 Å². The van der Waals surface area contributed by atoms with Gasteiger partial charge in [0.05, 0.1) is 0 Å². The normalized spacial score (nSPS) is 12.9. The Labute approximate surface area is 126 Å². The highest BCUT2D eigenvalue weighted by atomic mass is 32.2. The van der Waals surface area contributed by atoms with E-state index in [2.05, 4.69) is 11.9 Å². The van der Waals surface area contributed by atoms with Crippen LogP contribution in [0.5, 0.6) is 0 Å². The van der Waals surface area contributed by atoms with Gasteiger partial charge in [-0.05, 0) is 45.7 Å². The van der Waals surface area contributed by atoms with Gasteiger partial charge >= 0.3 is 0 Å². The van der Waals surface area contributed by atoms with E-state index >= 15 is 0 Å². The summed E-state index contributed by atoms with van der Waals surface area (Å²) in [4.78, 5) is 1.29. The van der Waals surface area contributed by atoms with E-state index in [4.69, 9.17) is 0 Å². The number of rotatable bonds is 6. The lowest BCUT2D eigenvalue weighted by Gasteiger charge is -2.34. The van der Waals surface area contributed by atoms with Gasteiger partial charge < -0.3 is 5.32 Å². The number of nitrogens with one attached hydrogen (secondary N) is 1. The van der Waals surface area contributed by atoms with Gasteiger partial charge in [-0.3, -0.25) is 0 Å². The van der Waals surface area contributed by atoms with E-state index in [0.717, 1.165) is 10.4 Å². The van der Waals surface area contributed by atoms with Gasteiger partial charge in [0.2, 0.25) is 10.0 Å². The Kier molecular flexibility index (Phi) is 5.54. The molecule has 1 heterocycles. The van der Waals surface area contributed by atoms with Crippen LogP contribution < -0.4 is 5.32 Å². The van der Waals surface area contributed by atoms with Crippen LogP contribution in [0.25, 0.3) is 0 Å². The largest absolute Gasteiger partial charge is 0.315 e. The fourth-order valence-electron chi connectivity index (χ4n) is 2.08. The van der Waals surface area contributed by atoms with E-state index in [1.165, 1.54) is 15.6 Å². The van der Waals surface area contributed by atoms with Crippen molar-refractivity contribution in [2.45, 2.75) is 44.7 Å². The number of thiophene rings is 1. The Morgan fingerprint density at radius 1 is 1.45 bits per heavy atom. The quantitative estimate of drug-likeness (QED) is 0.821. The predicted octanol–water partition coefficient (Wildman–Crippen LogP) is 2.75. The molecule has 0 unspecified atom stereocenters. The van der Waals surface area contributed by atoms with E-state index in [9.17, 15) is 8.42 Å². The number of aryl methyl sites for hydroxylation is 1. The highest BCUT2D eigenvalue weighted by molar-refractivity contribution is 7.89. The summed E-state index contributed by atoms with van der Waals surface area (Å²) < 4.78 is 27.5. The molecule has 0 amide bonds. The fraction of sp³-hybridized carbons (Fsp3) is 0.571. The summed E-state index contributed by atoms with van der Waals surface area (Å²) >= 11 is 1.48. The first kappa shape index (κ1) is 17.4. The summed E-state index contributed by atoms with van der Waals surface area (Å²) in [5, 5.41) is 4.92. The van der Waals surface area contributed by atoms with Gasteiger partial charge in [-0.1, -0.05) is 6.08 Å². The molecular weight excluding hydrogens is 292 g/mol. The summed E-state index contributed by atoms with van der Waals surface area (Å²) in [7, 11) is -1.71. The van der Waals surface area contributed by atoms with Crippen LogP contribution in [0.4, 0.5) is 0 Å². The Bertz CT molecular complexity index is 568. The summed E-state index contributed by atoms with van der Waals surface area (Å²) in [5.41, 5.74) is 0.316. The molecular formula is C14H24N2O2S2. The Morgan fingerprint density at radius 3 is 2.50 bits per heavy atom. The molecule has 0 bridgehead atoms. The average Bonchev–Trinajstić information content (AvgIpc) is 2.67. The SMILES string of the molecule is C=CCN(C(C)(C)C)S(=O)(=O)c1c(C)csc1CNC. The fourth-order valence-corrected chi connectivity index (χ4v) is 5.61. The third-order valence-electron chi connectivity index (χ3n) is 2.92. The van der Waals surface area contributed by atoms with Crippen molar-refractivity contribution < 1.29 is 8.42 Å². The van der Waals surface area contributed by atoms with Crippen LogP contribution in [0, 0.1) is 6.92 Å². The lowest BCUT2D eigenvalue weighted by atomic mass is 10.1. The summed E-state index contributed by atoms with van der Waals surface area (Å²) in [6.45, 7) is 12.1. The molecule has 4 nitrogen and oxygen atoms in total. The van der Waals surface area contributed by atoms with Crippen molar-refractivity contribution in [1.29, 1.82) is 0 Å². The van der Waals surface area contributed by atoms with Crippen molar-refractivity contribution in [1.82, 2.24) is 9.62 Å². The van der Waals surface area contributed by atoms with Gasteiger partial charge in [0.1, 0.15) is 4.90 Å². The third-order valence-corrected chi connectivity index (χ3v) is 6.51. The second-order valence-electron chi connectivity index (χ2n) is 5.70. The molecule has 0 aliphatic rings. The molecule has 0 fully saturated rings. The molecule has 1 rings (SSSR count). The minimum atomic E-state index is -3.53. The highest BCUT2D eigenvalue weighted by Crippen LogP contribution is 2.32. The van der Waals surface area contributed by atoms with Crippen LogP contribution in [-0.2, 0) is 16.6 Å². The zero-order valence-corrected chi connectivity index (χ0v) is 14.5. The maximum Gasteiger partial charge on any atom is 0.245 e. The van der Waals surface area contributed by atoms with Crippen molar-refractivity contribution >= 4 is 21.4 Å². The van der Waals surface area contributed by atoms with E-state index in [-0.39, 0.29) is 0 Å². The highest BCUT2D eigenvalue weighted by Gasteiger charge is 2.35. The zero-order valence-electron chi connectivity index (χ0n) is 12.9.